The molecule has 0 heterocycles. The molecule has 0 radical (unpaired) electrons. The smallest absolute Gasteiger partial charge is 0.191 e. The van der Waals surface area contributed by atoms with E-state index in [1.165, 1.54) is 25.7 Å². The Morgan fingerprint density at radius 2 is 2.11 bits per heavy atom. The summed E-state index contributed by atoms with van der Waals surface area (Å²) >= 11 is 0. The van der Waals surface area contributed by atoms with E-state index in [-0.39, 0.29) is 11.9 Å². The van der Waals surface area contributed by atoms with Crippen molar-refractivity contribution in [2.24, 2.45) is 10.9 Å². The zero-order valence-corrected chi connectivity index (χ0v) is 16.8. The fourth-order valence-corrected chi connectivity index (χ4v) is 3.24. The van der Waals surface area contributed by atoms with Gasteiger partial charge < -0.3 is 15.4 Å². The van der Waals surface area contributed by atoms with Crippen molar-refractivity contribution < 1.29 is 9.13 Å². The lowest BCUT2D eigenvalue weighted by atomic mass is 10.1. The molecule has 0 amide bonds. The first-order chi connectivity index (χ1) is 13.1. The van der Waals surface area contributed by atoms with Gasteiger partial charge in [-0.25, -0.2) is 4.39 Å². The molecule has 2 saturated carbocycles. The van der Waals surface area contributed by atoms with Crippen LogP contribution in [0, 0.1) is 11.7 Å². The van der Waals surface area contributed by atoms with E-state index < -0.39 is 0 Å². The van der Waals surface area contributed by atoms with Crippen molar-refractivity contribution in [3.63, 3.8) is 0 Å². The molecule has 3 rings (SSSR count). The van der Waals surface area contributed by atoms with Crippen molar-refractivity contribution in [2.45, 2.75) is 51.6 Å². The minimum absolute atomic E-state index is 0.0473. The van der Waals surface area contributed by atoms with Crippen LogP contribution in [0.1, 0.15) is 51.1 Å². The number of hydrogen-bond donors (Lipinski definition) is 2. The molecule has 27 heavy (non-hydrogen) atoms. The number of hydrogen-bond acceptors (Lipinski definition) is 3. The molecule has 2 fully saturated rings. The molecule has 150 valence electrons. The van der Waals surface area contributed by atoms with Gasteiger partial charge >= 0.3 is 0 Å². The second kappa shape index (κ2) is 9.40. The number of halogens is 1. The summed E-state index contributed by atoms with van der Waals surface area (Å²) < 4.78 is 19.9. The molecule has 6 heteroatoms. The molecule has 0 bridgehead atoms. The molecule has 0 aromatic heterocycles. The summed E-state index contributed by atoms with van der Waals surface area (Å²) in [5.74, 6) is 1.40. The van der Waals surface area contributed by atoms with Crippen LogP contribution >= 0.6 is 0 Å². The monoisotopic (exact) mass is 376 g/mol. The maximum absolute atomic E-state index is 14.3. The Bertz CT molecular complexity index is 643. The minimum Gasteiger partial charge on any atom is -0.490 e. The van der Waals surface area contributed by atoms with Crippen LogP contribution < -0.4 is 15.4 Å². The first-order valence-corrected chi connectivity index (χ1v) is 10.2. The number of aliphatic imine (C=N–C) groups is 1. The third kappa shape index (κ3) is 6.09. The molecular formula is C21H33FN4O. The van der Waals surface area contributed by atoms with Gasteiger partial charge in [0.05, 0.1) is 12.6 Å². The van der Waals surface area contributed by atoms with Gasteiger partial charge in [-0.2, -0.15) is 0 Å². The average Bonchev–Trinajstić information content (AvgIpc) is 3.56. The van der Waals surface area contributed by atoms with Crippen molar-refractivity contribution >= 4 is 5.96 Å². The van der Waals surface area contributed by atoms with Gasteiger partial charge in [0.15, 0.2) is 17.5 Å². The number of nitrogens with one attached hydrogen (secondary N) is 2. The Morgan fingerprint density at radius 3 is 2.70 bits per heavy atom. The number of ether oxygens (including phenoxy) is 1. The number of nitrogens with zero attached hydrogens (tertiary/aromatic N) is 2. The second-order valence-electron chi connectivity index (χ2n) is 7.67. The molecule has 0 saturated heterocycles. The maximum atomic E-state index is 14.3. The van der Waals surface area contributed by atoms with Crippen LogP contribution in [-0.2, 0) is 0 Å². The molecule has 1 atom stereocenters. The SMILES string of the molecule is CCN(CCNC(=NC)NC(C)c1ccc(OCC2CC2)c(F)c1)C1CC1. The lowest BCUT2D eigenvalue weighted by molar-refractivity contribution is 0.282. The summed E-state index contributed by atoms with van der Waals surface area (Å²) in [6.45, 7) is 7.78. The molecule has 2 aliphatic rings. The highest BCUT2D eigenvalue weighted by molar-refractivity contribution is 5.80. The second-order valence-corrected chi connectivity index (χ2v) is 7.67. The Hall–Kier alpha value is -1.82. The predicted octanol–water partition coefficient (Wildman–Crippen LogP) is 3.32. The van der Waals surface area contributed by atoms with Crippen LogP contribution in [0.15, 0.2) is 23.2 Å². The fraction of sp³-hybridized carbons (Fsp3) is 0.667. The topological polar surface area (TPSA) is 48.9 Å². The maximum Gasteiger partial charge on any atom is 0.191 e. The standard InChI is InChI=1S/C21H33FN4O/c1-4-26(18-8-9-18)12-11-24-21(23-3)25-15(2)17-7-10-20(19(22)13-17)27-14-16-5-6-16/h7,10,13,15-16,18H,4-6,8-9,11-12,14H2,1-3H3,(H2,23,24,25). The van der Waals surface area contributed by atoms with Crippen LogP contribution in [0.5, 0.6) is 5.75 Å². The highest BCUT2D eigenvalue weighted by atomic mass is 19.1. The first-order valence-electron chi connectivity index (χ1n) is 10.2. The largest absolute Gasteiger partial charge is 0.490 e. The van der Waals surface area contributed by atoms with E-state index in [2.05, 4.69) is 27.4 Å². The highest BCUT2D eigenvalue weighted by Crippen LogP contribution is 2.30. The molecule has 1 unspecified atom stereocenters. The summed E-state index contributed by atoms with van der Waals surface area (Å²) in [6, 6.07) is 5.93. The molecule has 1 aromatic carbocycles. The van der Waals surface area contributed by atoms with E-state index >= 15 is 0 Å². The van der Waals surface area contributed by atoms with E-state index in [0.29, 0.717) is 18.3 Å². The fourth-order valence-electron chi connectivity index (χ4n) is 3.24. The third-order valence-electron chi connectivity index (χ3n) is 5.37. The molecule has 0 spiro atoms. The van der Waals surface area contributed by atoms with Gasteiger partial charge in [0.1, 0.15) is 0 Å². The van der Waals surface area contributed by atoms with E-state index in [4.69, 9.17) is 4.74 Å². The van der Waals surface area contributed by atoms with Crippen LogP contribution in [0.25, 0.3) is 0 Å². The Labute approximate surface area is 162 Å². The van der Waals surface area contributed by atoms with Crippen LogP contribution in [-0.4, -0.2) is 50.2 Å². The third-order valence-corrected chi connectivity index (χ3v) is 5.37. The van der Waals surface area contributed by atoms with Crippen molar-refractivity contribution in [3.05, 3.63) is 29.6 Å². The van der Waals surface area contributed by atoms with Gasteiger partial charge in [0, 0.05) is 26.2 Å². The summed E-state index contributed by atoms with van der Waals surface area (Å²) in [4.78, 5) is 6.79. The Morgan fingerprint density at radius 1 is 1.33 bits per heavy atom. The normalized spacial score (nSPS) is 18.5. The van der Waals surface area contributed by atoms with Gasteiger partial charge in [-0.3, -0.25) is 9.89 Å². The summed E-state index contributed by atoms with van der Waals surface area (Å²) in [5, 5.41) is 6.70. The molecule has 5 nitrogen and oxygen atoms in total. The van der Waals surface area contributed by atoms with Crippen LogP contribution in [0.4, 0.5) is 4.39 Å². The number of guanidine groups is 1. The van der Waals surface area contributed by atoms with Gasteiger partial charge in [0.25, 0.3) is 0 Å². The van der Waals surface area contributed by atoms with Gasteiger partial charge in [0.2, 0.25) is 0 Å². The zero-order chi connectivity index (χ0) is 19.2. The molecule has 0 aliphatic heterocycles. The van der Waals surface area contributed by atoms with E-state index in [1.807, 2.05) is 13.0 Å². The van der Waals surface area contributed by atoms with Crippen LogP contribution in [0.3, 0.4) is 0 Å². The summed E-state index contributed by atoms with van der Waals surface area (Å²) in [5.41, 5.74) is 0.877. The molecule has 2 N–H and O–H groups in total. The van der Waals surface area contributed by atoms with E-state index in [0.717, 1.165) is 37.2 Å². The quantitative estimate of drug-likeness (QED) is 0.486. The van der Waals surface area contributed by atoms with Crippen molar-refractivity contribution in [2.75, 3.05) is 33.3 Å². The number of rotatable bonds is 10. The van der Waals surface area contributed by atoms with Crippen molar-refractivity contribution in [3.8, 4) is 5.75 Å². The zero-order valence-electron chi connectivity index (χ0n) is 16.8. The highest BCUT2D eigenvalue weighted by Gasteiger charge is 2.27. The Balaban J connectivity index is 1.46. The average molecular weight is 377 g/mol. The van der Waals surface area contributed by atoms with Gasteiger partial charge in [-0.1, -0.05) is 13.0 Å². The Kier molecular flexibility index (Phi) is 6.94. The van der Waals surface area contributed by atoms with Gasteiger partial charge in [-0.05, 0) is 62.8 Å². The molecule has 1 aromatic rings. The van der Waals surface area contributed by atoms with Crippen molar-refractivity contribution in [1.82, 2.24) is 15.5 Å². The summed E-state index contributed by atoms with van der Waals surface area (Å²) in [7, 11) is 1.76. The van der Waals surface area contributed by atoms with E-state index in [9.17, 15) is 4.39 Å². The molecule has 2 aliphatic carbocycles. The van der Waals surface area contributed by atoms with E-state index in [1.54, 1.807) is 19.2 Å². The molecular weight excluding hydrogens is 343 g/mol. The lowest BCUT2D eigenvalue weighted by Gasteiger charge is -2.22. The number of likely N-dealkylation sites (N-methyl/N-ethyl adjacent to an activating group) is 1. The summed E-state index contributed by atoms with van der Waals surface area (Å²) in [6.07, 6.45) is 5.04. The van der Waals surface area contributed by atoms with Crippen LogP contribution in [0.2, 0.25) is 0 Å². The first kappa shape index (κ1) is 19.9. The minimum atomic E-state index is -0.298. The lowest BCUT2D eigenvalue weighted by Crippen LogP contribution is -2.42. The van der Waals surface area contributed by atoms with Gasteiger partial charge in [-0.15, -0.1) is 0 Å². The van der Waals surface area contributed by atoms with Crippen molar-refractivity contribution in [1.29, 1.82) is 0 Å². The number of benzene rings is 1. The predicted molar refractivity (Wildman–Crippen MR) is 108 cm³/mol.